The summed E-state index contributed by atoms with van der Waals surface area (Å²) in [7, 11) is 0. The third kappa shape index (κ3) is 14.6. The summed E-state index contributed by atoms with van der Waals surface area (Å²) in [5, 5.41) is 24.6. The van der Waals surface area contributed by atoms with Gasteiger partial charge < -0.3 is 30.1 Å². The molecule has 20 aromatic carbocycles. The van der Waals surface area contributed by atoms with Crippen LogP contribution in [0.25, 0.3) is 173 Å². The molecule has 28 rings (SSSR count). The van der Waals surface area contributed by atoms with E-state index in [9.17, 15) is 0 Å². The van der Waals surface area contributed by atoms with Crippen molar-refractivity contribution in [2.45, 2.75) is 77.0 Å². The summed E-state index contributed by atoms with van der Waals surface area (Å²) in [4.78, 5) is 0. The molecule has 0 aliphatic heterocycles. The zero-order valence-corrected chi connectivity index (χ0v) is 80.8. The van der Waals surface area contributed by atoms with Gasteiger partial charge in [0.25, 0.3) is 0 Å². The lowest BCUT2D eigenvalue weighted by molar-refractivity contribution is 0.660. The molecule has 4 aromatic heterocycles. The fraction of sp³-hybridized carbons (Fsp3) is 0.0909. The summed E-state index contributed by atoms with van der Waals surface area (Å²) in [6.45, 7) is 18.6. The van der Waals surface area contributed by atoms with Gasteiger partial charge in [-0.3, -0.25) is 0 Å². The molecule has 4 heterocycles. The van der Waals surface area contributed by atoms with E-state index in [0.29, 0.717) is 0 Å². The molecule has 4 N–H and O–H groups in total. The van der Waals surface area contributed by atoms with Crippen LogP contribution in [0.1, 0.15) is 99.9 Å². The van der Waals surface area contributed by atoms with Gasteiger partial charge in [-0.05, 0) is 279 Å². The molecule has 0 radical (unpaired) electrons. The highest BCUT2D eigenvalue weighted by Crippen LogP contribution is 2.56. The third-order valence-electron chi connectivity index (χ3n) is 29.8. The molecule has 0 spiro atoms. The lowest BCUT2D eigenvalue weighted by Crippen LogP contribution is -2.15. The lowest BCUT2D eigenvalue weighted by Gasteiger charge is -2.22. The summed E-state index contributed by atoms with van der Waals surface area (Å²) in [5.74, 6) is 0. The number of benzene rings is 20. The van der Waals surface area contributed by atoms with Crippen LogP contribution in [-0.2, 0) is 21.7 Å². The zero-order valence-electron chi connectivity index (χ0n) is 79.2. The molecule has 0 fully saturated rings. The van der Waals surface area contributed by atoms with Crippen molar-refractivity contribution < 1.29 is 8.83 Å². The maximum absolute atomic E-state index is 6.11. The monoisotopic (exact) mass is 1840 g/mol. The van der Waals surface area contributed by atoms with Gasteiger partial charge >= 0.3 is 0 Å². The Balaban J connectivity index is 0.0000000985. The molecule has 0 amide bonds. The van der Waals surface area contributed by atoms with Gasteiger partial charge in [0.15, 0.2) is 0 Å². The summed E-state index contributed by atoms with van der Waals surface area (Å²) in [6, 6.07) is 157. The standard InChI is InChI=1S/2C33H25NO.2C33H25NS/c1-33(2)28-14-5-3-11-25(28)26-18-17-23(20-29(26)33)34-22-10-7-9-21(19-22)24-13-8-16-31-32(24)27-12-4-6-15-30(27)35-31;1-33(2)28-11-5-3-8-25(28)26-19-18-23(20-29(26)33)34-22-16-14-21(15-17-22)24-10-7-13-31-32(24)27-9-4-6-12-30(27)35-31;1-33(2)28-14-5-3-11-25(28)26-18-17-23(20-29(26)33)34-22-10-7-9-21(19-22)24-13-8-16-31-32(24)27-12-4-6-15-30(27)35-31;1-33(2)28-11-5-3-8-25(28)26-19-18-23(20-29(26)33)34-22-16-14-21(15-17-22)24-10-7-13-31-32(24)27-9-4-6-12-30(27)35-31/h4*3-20,34H,1-2H3. The first-order valence-electron chi connectivity index (χ1n) is 48.5. The molecule has 140 heavy (non-hydrogen) atoms. The number of furan rings is 2. The van der Waals surface area contributed by atoms with E-state index in [1.807, 2.05) is 59.1 Å². The van der Waals surface area contributed by atoms with E-state index in [4.69, 9.17) is 8.83 Å². The van der Waals surface area contributed by atoms with Crippen molar-refractivity contribution in [2.75, 3.05) is 21.3 Å². The number of nitrogens with one attached hydrogen (secondary N) is 4. The number of rotatable bonds is 12. The van der Waals surface area contributed by atoms with Crippen molar-refractivity contribution in [1.82, 2.24) is 0 Å². The number of para-hydroxylation sites is 2. The Hall–Kier alpha value is -16.4. The smallest absolute Gasteiger partial charge is 0.136 e. The van der Waals surface area contributed by atoms with Gasteiger partial charge in [-0.15, -0.1) is 22.7 Å². The minimum Gasteiger partial charge on any atom is -0.456 e. The second-order valence-corrected chi connectivity index (χ2v) is 41.8. The Morgan fingerprint density at radius 2 is 0.407 bits per heavy atom. The number of hydrogen-bond donors (Lipinski definition) is 4. The number of anilines is 8. The van der Waals surface area contributed by atoms with Crippen LogP contribution in [-0.4, -0.2) is 0 Å². The zero-order chi connectivity index (χ0) is 94.3. The molecule has 4 aliphatic rings. The van der Waals surface area contributed by atoms with E-state index in [0.717, 1.165) is 84.0 Å². The van der Waals surface area contributed by atoms with Gasteiger partial charge in [0.2, 0.25) is 0 Å². The number of thiophene rings is 2. The largest absolute Gasteiger partial charge is 0.456 e. The molecule has 8 heteroatoms. The fourth-order valence-corrected chi connectivity index (χ4v) is 25.1. The topological polar surface area (TPSA) is 74.4 Å². The van der Waals surface area contributed by atoms with Crippen LogP contribution < -0.4 is 21.3 Å². The lowest BCUT2D eigenvalue weighted by atomic mass is 9.82. The Kier molecular flexibility index (Phi) is 20.6. The minimum absolute atomic E-state index is 0.000472. The maximum Gasteiger partial charge on any atom is 0.136 e. The Morgan fingerprint density at radius 3 is 0.771 bits per heavy atom. The van der Waals surface area contributed by atoms with Gasteiger partial charge in [0.1, 0.15) is 22.3 Å². The minimum atomic E-state index is -0.0105. The van der Waals surface area contributed by atoms with E-state index in [-0.39, 0.29) is 21.7 Å². The van der Waals surface area contributed by atoms with Gasteiger partial charge in [-0.1, -0.05) is 347 Å². The Morgan fingerprint density at radius 1 is 0.164 bits per heavy atom. The first kappa shape index (κ1) is 85.3. The Bertz CT molecular complexity index is 8560. The first-order valence-corrected chi connectivity index (χ1v) is 50.1. The van der Waals surface area contributed by atoms with E-state index in [2.05, 4.69) is 477 Å². The van der Waals surface area contributed by atoms with Crippen LogP contribution in [0.2, 0.25) is 0 Å². The third-order valence-corrected chi connectivity index (χ3v) is 32.1. The maximum atomic E-state index is 6.11. The van der Waals surface area contributed by atoms with E-state index in [1.54, 1.807) is 0 Å². The second kappa shape index (κ2) is 33.8. The average Bonchev–Trinajstić information content (AvgIpc) is 1.58. The molecule has 6 nitrogen and oxygen atoms in total. The Labute approximate surface area is 823 Å². The predicted octanol–water partition coefficient (Wildman–Crippen LogP) is 38.1. The van der Waals surface area contributed by atoms with E-state index < -0.39 is 0 Å². The highest BCUT2D eigenvalue weighted by molar-refractivity contribution is 7.26. The van der Waals surface area contributed by atoms with Crippen molar-refractivity contribution in [3.8, 4) is 89.0 Å². The SMILES string of the molecule is CC1(C)c2ccccc2-c2ccc(Nc3ccc(-c4cccc5oc6ccccc6c45)cc3)cc21.CC1(C)c2ccccc2-c2ccc(Nc3ccc(-c4cccc5sc6ccccc6c45)cc3)cc21.CC1(C)c2ccccc2-c2ccc(Nc3cccc(-c4cccc5oc6ccccc6c45)c3)cc21.CC1(C)c2ccccc2-c2ccc(Nc3cccc(-c4cccc5sc6ccccc6c45)c3)cc21. The van der Waals surface area contributed by atoms with Crippen LogP contribution in [0.3, 0.4) is 0 Å². The summed E-state index contributed by atoms with van der Waals surface area (Å²) < 4.78 is 17.6. The van der Waals surface area contributed by atoms with Gasteiger partial charge in [-0.2, -0.15) is 0 Å². The van der Waals surface area contributed by atoms with Crippen molar-refractivity contribution in [2.24, 2.45) is 0 Å². The molecule has 0 saturated carbocycles. The van der Waals surface area contributed by atoms with E-state index in [1.165, 1.54) is 179 Å². The normalized spacial score (nSPS) is 13.7. The molecule has 672 valence electrons. The molecule has 0 unspecified atom stereocenters. The first-order chi connectivity index (χ1) is 68.4. The van der Waals surface area contributed by atoms with Gasteiger partial charge in [0, 0.05) is 129 Å². The van der Waals surface area contributed by atoms with Crippen molar-refractivity contribution in [1.29, 1.82) is 0 Å². The quantitative estimate of drug-likeness (QED) is 0.0977. The number of hydrogen-bond acceptors (Lipinski definition) is 8. The van der Waals surface area contributed by atoms with Crippen LogP contribution in [0.5, 0.6) is 0 Å². The molecule has 24 aromatic rings. The second-order valence-electron chi connectivity index (χ2n) is 39.6. The van der Waals surface area contributed by atoms with Gasteiger partial charge in [-0.25, -0.2) is 0 Å². The molecular formula is C132H100N4O2S2. The van der Waals surface area contributed by atoms with Crippen LogP contribution in [0, 0.1) is 0 Å². The molecule has 4 aliphatic carbocycles. The van der Waals surface area contributed by atoms with Crippen LogP contribution >= 0.6 is 22.7 Å². The van der Waals surface area contributed by atoms with Crippen LogP contribution in [0.4, 0.5) is 45.5 Å². The fourth-order valence-electron chi connectivity index (χ4n) is 22.9. The average molecular weight is 1840 g/mol. The van der Waals surface area contributed by atoms with Crippen LogP contribution in [0.15, 0.2) is 446 Å². The summed E-state index contributed by atoms with van der Waals surface area (Å²) in [6.07, 6.45) is 0. The van der Waals surface area contributed by atoms with Crippen molar-refractivity contribution in [3.05, 3.63) is 481 Å². The van der Waals surface area contributed by atoms with E-state index >= 15 is 0 Å². The number of fused-ring (bicyclic) bond motifs is 24. The predicted molar refractivity (Wildman–Crippen MR) is 597 cm³/mol. The molecular weight excluding hydrogens is 1740 g/mol. The summed E-state index contributed by atoms with van der Waals surface area (Å²) >= 11 is 3.74. The van der Waals surface area contributed by atoms with Crippen molar-refractivity contribution in [3.63, 3.8) is 0 Å². The van der Waals surface area contributed by atoms with Gasteiger partial charge in [0.05, 0.1) is 0 Å². The van der Waals surface area contributed by atoms with Crippen molar-refractivity contribution >= 4 is 152 Å². The molecule has 0 atom stereocenters. The highest BCUT2D eigenvalue weighted by atomic mass is 32.1. The molecule has 0 saturated heterocycles. The summed E-state index contributed by atoms with van der Waals surface area (Å²) in [5.41, 5.74) is 44.2. The molecule has 0 bridgehead atoms. The highest BCUT2D eigenvalue weighted by Gasteiger charge is 2.40.